The van der Waals surface area contributed by atoms with Crippen LogP contribution >= 0.6 is 0 Å². The van der Waals surface area contributed by atoms with E-state index < -0.39 is 0 Å². The van der Waals surface area contributed by atoms with E-state index in [2.05, 4.69) is 10.4 Å². The lowest BCUT2D eigenvalue weighted by Gasteiger charge is -2.07. The molecule has 0 aliphatic carbocycles. The summed E-state index contributed by atoms with van der Waals surface area (Å²) < 4.78 is 7.20. The van der Waals surface area contributed by atoms with E-state index in [0.717, 1.165) is 37.4 Å². The minimum Gasteiger partial charge on any atom is -0.479 e. The van der Waals surface area contributed by atoms with Crippen molar-refractivity contribution in [2.45, 2.75) is 19.5 Å². The normalized spacial score (nSPS) is 10.2. The highest BCUT2D eigenvalue weighted by Gasteiger charge is 1.97. The van der Waals surface area contributed by atoms with Crippen LogP contribution in [0.25, 0.3) is 0 Å². The van der Waals surface area contributed by atoms with Gasteiger partial charge in [-0.1, -0.05) is 12.1 Å². The van der Waals surface area contributed by atoms with Crippen molar-refractivity contribution in [3.63, 3.8) is 0 Å². The Hall–Kier alpha value is -2.32. The lowest BCUT2D eigenvalue weighted by atomic mass is 10.2. The summed E-state index contributed by atoms with van der Waals surface area (Å²) >= 11 is 0. The van der Waals surface area contributed by atoms with Crippen LogP contribution in [0.1, 0.15) is 12.0 Å². The molecule has 0 amide bonds. The van der Waals surface area contributed by atoms with Gasteiger partial charge in [-0.3, -0.25) is 4.68 Å². The molecule has 0 saturated heterocycles. The van der Waals surface area contributed by atoms with Crippen LogP contribution < -0.4 is 10.1 Å². The van der Waals surface area contributed by atoms with Gasteiger partial charge in [-0.2, -0.15) is 10.4 Å². The van der Waals surface area contributed by atoms with Crippen molar-refractivity contribution in [3.05, 3.63) is 48.3 Å². The molecular formula is C15H18N4O. The lowest BCUT2D eigenvalue weighted by Crippen LogP contribution is -2.16. The van der Waals surface area contributed by atoms with Crippen molar-refractivity contribution in [2.24, 2.45) is 0 Å². The molecule has 20 heavy (non-hydrogen) atoms. The first-order valence-corrected chi connectivity index (χ1v) is 6.65. The molecule has 1 aromatic carbocycles. The van der Waals surface area contributed by atoms with Gasteiger partial charge in [-0.05, 0) is 36.7 Å². The van der Waals surface area contributed by atoms with Crippen molar-refractivity contribution in [1.29, 1.82) is 5.26 Å². The summed E-state index contributed by atoms with van der Waals surface area (Å²) in [5.41, 5.74) is 1.15. The molecule has 0 aliphatic heterocycles. The van der Waals surface area contributed by atoms with E-state index in [1.54, 1.807) is 6.20 Å². The molecule has 0 bridgehead atoms. The lowest BCUT2D eigenvalue weighted by molar-refractivity contribution is 0.367. The number of nitrogens with one attached hydrogen (secondary N) is 1. The van der Waals surface area contributed by atoms with Crippen molar-refractivity contribution >= 4 is 0 Å². The molecule has 0 unspecified atom stereocenters. The first-order chi connectivity index (χ1) is 9.88. The number of ether oxygens (including phenoxy) is 1. The van der Waals surface area contributed by atoms with Gasteiger partial charge in [0, 0.05) is 25.5 Å². The summed E-state index contributed by atoms with van der Waals surface area (Å²) in [7, 11) is 0. The molecule has 0 aliphatic rings. The molecule has 1 aromatic heterocycles. The van der Waals surface area contributed by atoms with Gasteiger partial charge in [-0.25, -0.2) is 0 Å². The fourth-order valence-electron chi connectivity index (χ4n) is 1.89. The van der Waals surface area contributed by atoms with Crippen molar-refractivity contribution < 1.29 is 4.74 Å². The zero-order valence-electron chi connectivity index (χ0n) is 11.3. The van der Waals surface area contributed by atoms with E-state index in [1.165, 1.54) is 0 Å². The van der Waals surface area contributed by atoms with Crippen molar-refractivity contribution in [3.8, 4) is 11.8 Å². The zero-order valence-corrected chi connectivity index (χ0v) is 11.3. The average Bonchev–Trinajstić information content (AvgIpc) is 2.98. The molecular weight excluding hydrogens is 252 g/mol. The zero-order chi connectivity index (χ0) is 14.0. The maximum absolute atomic E-state index is 8.48. The molecule has 1 heterocycles. The second-order valence-electron chi connectivity index (χ2n) is 4.39. The third-order valence-corrected chi connectivity index (χ3v) is 2.83. The van der Waals surface area contributed by atoms with E-state index in [1.807, 2.05) is 47.3 Å². The Balaban J connectivity index is 1.67. The third-order valence-electron chi connectivity index (χ3n) is 2.83. The average molecular weight is 270 g/mol. The molecule has 0 saturated carbocycles. The molecule has 2 aromatic rings. The second kappa shape index (κ2) is 7.97. The largest absolute Gasteiger partial charge is 0.479 e. The van der Waals surface area contributed by atoms with E-state index >= 15 is 0 Å². The maximum atomic E-state index is 8.48. The number of hydrogen-bond donors (Lipinski definition) is 1. The fraction of sp³-hybridized carbons (Fsp3) is 0.333. The Morgan fingerprint density at radius 3 is 3.10 bits per heavy atom. The van der Waals surface area contributed by atoms with Crippen molar-refractivity contribution in [2.75, 3.05) is 13.2 Å². The predicted octanol–water partition coefficient (Wildman–Crippen LogP) is 1.97. The molecule has 0 spiro atoms. The number of benzene rings is 1. The number of rotatable bonds is 8. The minimum atomic E-state index is 0.0841. The van der Waals surface area contributed by atoms with Crippen LogP contribution in [0, 0.1) is 11.3 Å². The number of nitriles is 1. The van der Waals surface area contributed by atoms with Crippen LogP contribution in [-0.2, 0) is 13.1 Å². The molecule has 104 valence electrons. The smallest absolute Gasteiger partial charge is 0.174 e. The first kappa shape index (κ1) is 14.1. The van der Waals surface area contributed by atoms with Gasteiger partial charge in [0.15, 0.2) is 6.61 Å². The molecule has 0 fully saturated rings. The monoisotopic (exact) mass is 270 g/mol. The molecule has 5 heteroatoms. The maximum Gasteiger partial charge on any atom is 0.174 e. The quantitative estimate of drug-likeness (QED) is 0.745. The van der Waals surface area contributed by atoms with Gasteiger partial charge in [0.05, 0.1) is 0 Å². The standard InChI is InChI=1S/C15H18N4O/c16-6-11-20-15-5-1-4-14(12-15)13-17-7-2-9-19-10-3-8-18-19/h1,3-5,8,10,12,17H,2,7,9,11,13H2. The SMILES string of the molecule is N#CCOc1cccc(CNCCCn2cccn2)c1. The summed E-state index contributed by atoms with van der Waals surface area (Å²) in [6.07, 6.45) is 4.79. The van der Waals surface area contributed by atoms with Crippen LogP contribution in [-0.4, -0.2) is 22.9 Å². The fourth-order valence-corrected chi connectivity index (χ4v) is 1.89. The number of nitrogens with zero attached hydrogens (tertiary/aromatic N) is 3. The van der Waals surface area contributed by atoms with E-state index in [9.17, 15) is 0 Å². The Bertz CT molecular complexity index is 545. The van der Waals surface area contributed by atoms with Crippen molar-refractivity contribution in [1.82, 2.24) is 15.1 Å². The van der Waals surface area contributed by atoms with Crippen LogP contribution in [0.4, 0.5) is 0 Å². The highest BCUT2D eigenvalue weighted by atomic mass is 16.5. The van der Waals surface area contributed by atoms with Gasteiger partial charge in [0.2, 0.25) is 0 Å². The number of aryl methyl sites for hydroxylation is 1. The summed E-state index contributed by atoms with van der Waals surface area (Å²) in [6, 6.07) is 11.7. The van der Waals surface area contributed by atoms with Crippen LogP contribution in [0.5, 0.6) is 5.75 Å². The number of aromatic nitrogens is 2. The number of hydrogen-bond acceptors (Lipinski definition) is 4. The molecule has 5 nitrogen and oxygen atoms in total. The third kappa shape index (κ3) is 4.75. The van der Waals surface area contributed by atoms with Gasteiger partial charge in [0.1, 0.15) is 11.8 Å². The summed E-state index contributed by atoms with van der Waals surface area (Å²) in [4.78, 5) is 0. The predicted molar refractivity (Wildman–Crippen MR) is 76.1 cm³/mol. The van der Waals surface area contributed by atoms with E-state index in [0.29, 0.717) is 0 Å². The Labute approximate surface area is 118 Å². The first-order valence-electron chi connectivity index (χ1n) is 6.65. The Kier molecular flexibility index (Phi) is 5.62. The summed E-state index contributed by atoms with van der Waals surface area (Å²) in [6.45, 7) is 2.73. The van der Waals surface area contributed by atoms with Crippen LogP contribution in [0.15, 0.2) is 42.7 Å². The van der Waals surface area contributed by atoms with Gasteiger partial charge in [0.25, 0.3) is 0 Å². The van der Waals surface area contributed by atoms with Gasteiger partial charge >= 0.3 is 0 Å². The summed E-state index contributed by atoms with van der Waals surface area (Å²) in [5, 5.41) is 16.0. The second-order valence-corrected chi connectivity index (χ2v) is 4.39. The Morgan fingerprint density at radius 1 is 1.35 bits per heavy atom. The topological polar surface area (TPSA) is 62.9 Å². The van der Waals surface area contributed by atoms with E-state index in [-0.39, 0.29) is 6.61 Å². The van der Waals surface area contributed by atoms with E-state index in [4.69, 9.17) is 10.00 Å². The Morgan fingerprint density at radius 2 is 2.30 bits per heavy atom. The van der Waals surface area contributed by atoms with Gasteiger partial charge in [-0.15, -0.1) is 0 Å². The summed E-state index contributed by atoms with van der Waals surface area (Å²) in [5.74, 6) is 0.738. The highest BCUT2D eigenvalue weighted by Crippen LogP contribution is 2.12. The molecule has 0 radical (unpaired) electrons. The molecule has 1 N–H and O–H groups in total. The molecule has 0 atom stereocenters. The molecule has 2 rings (SSSR count). The minimum absolute atomic E-state index is 0.0841. The highest BCUT2D eigenvalue weighted by molar-refractivity contribution is 5.28. The van der Waals surface area contributed by atoms with Crippen LogP contribution in [0.3, 0.4) is 0 Å². The van der Waals surface area contributed by atoms with Gasteiger partial charge < -0.3 is 10.1 Å². The van der Waals surface area contributed by atoms with Crippen LogP contribution in [0.2, 0.25) is 0 Å².